The number of para-hydroxylation sites is 2. The average molecular weight is 283 g/mol. The second-order valence-corrected chi connectivity index (χ2v) is 5.13. The third kappa shape index (κ3) is 2.61. The summed E-state index contributed by atoms with van der Waals surface area (Å²) in [6.45, 7) is 3.45. The fourth-order valence-corrected chi connectivity index (χ4v) is 2.95. The lowest BCUT2D eigenvalue weighted by Gasteiger charge is -2.22. The van der Waals surface area contributed by atoms with Crippen molar-refractivity contribution in [2.75, 3.05) is 20.3 Å². The van der Waals surface area contributed by atoms with Gasteiger partial charge < -0.3 is 14.8 Å². The fourth-order valence-electron chi connectivity index (χ4n) is 2.95. The number of fused-ring (bicyclic) bond motifs is 1. The van der Waals surface area contributed by atoms with Crippen LogP contribution in [0.5, 0.6) is 11.5 Å². The Balaban J connectivity index is 2.05. The van der Waals surface area contributed by atoms with Gasteiger partial charge in [-0.15, -0.1) is 0 Å². The molecule has 110 valence electrons. The van der Waals surface area contributed by atoms with Gasteiger partial charge in [-0.2, -0.15) is 0 Å². The van der Waals surface area contributed by atoms with Gasteiger partial charge in [0, 0.05) is 17.5 Å². The molecule has 1 N–H and O–H groups in total. The maximum Gasteiger partial charge on any atom is 0.127 e. The molecule has 0 amide bonds. The van der Waals surface area contributed by atoms with Crippen molar-refractivity contribution in [2.45, 2.75) is 19.4 Å². The zero-order chi connectivity index (χ0) is 14.7. The summed E-state index contributed by atoms with van der Waals surface area (Å²) in [5.41, 5.74) is 3.62. The largest absolute Gasteiger partial charge is 0.494 e. The second-order valence-electron chi connectivity index (χ2n) is 5.13. The van der Waals surface area contributed by atoms with E-state index >= 15 is 0 Å². The van der Waals surface area contributed by atoms with Crippen molar-refractivity contribution in [3.8, 4) is 11.5 Å². The molecular formula is C18H21NO2. The van der Waals surface area contributed by atoms with E-state index in [1.807, 2.05) is 32.2 Å². The molecule has 0 fully saturated rings. The first-order valence-electron chi connectivity index (χ1n) is 7.48. The predicted octanol–water partition coefficient (Wildman–Crippen LogP) is 3.33. The van der Waals surface area contributed by atoms with Gasteiger partial charge in [-0.1, -0.05) is 36.4 Å². The standard InChI is InChI=1S/C18H21NO2/c1-3-20-16-10-5-4-8-14(16)17(19-2)15-9-6-7-13-11-12-21-18(13)15/h4-10,17,19H,3,11-12H2,1-2H3. The van der Waals surface area contributed by atoms with Gasteiger partial charge in [-0.05, 0) is 25.6 Å². The van der Waals surface area contributed by atoms with Crippen LogP contribution in [0.15, 0.2) is 42.5 Å². The number of nitrogens with one attached hydrogen (secondary N) is 1. The number of ether oxygens (including phenoxy) is 2. The highest BCUT2D eigenvalue weighted by molar-refractivity contribution is 5.51. The van der Waals surface area contributed by atoms with Gasteiger partial charge >= 0.3 is 0 Å². The van der Waals surface area contributed by atoms with E-state index in [0.717, 1.165) is 30.1 Å². The van der Waals surface area contributed by atoms with Crippen LogP contribution in [0, 0.1) is 0 Å². The molecule has 1 aliphatic heterocycles. The highest BCUT2D eigenvalue weighted by atomic mass is 16.5. The van der Waals surface area contributed by atoms with E-state index in [-0.39, 0.29) is 6.04 Å². The molecule has 1 unspecified atom stereocenters. The molecule has 21 heavy (non-hydrogen) atoms. The third-order valence-electron chi connectivity index (χ3n) is 3.87. The van der Waals surface area contributed by atoms with Gasteiger partial charge in [0.1, 0.15) is 11.5 Å². The molecule has 1 atom stereocenters. The van der Waals surface area contributed by atoms with Crippen molar-refractivity contribution in [3.05, 3.63) is 59.2 Å². The van der Waals surface area contributed by atoms with Crippen molar-refractivity contribution in [2.24, 2.45) is 0 Å². The zero-order valence-corrected chi connectivity index (χ0v) is 12.6. The van der Waals surface area contributed by atoms with Crippen molar-refractivity contribution >= 4 is 0 Å². The molecule has 2 aromatic carbocycles. The summed E-state index contributed by atoms with van der Waals surface area (Å²) in [7, 11) is 1.97. The van der Waals surface area contributed by atoms with Crippen molar-refractivity contribution < 1.29 is 9.47 Å². The highest BCUT2D eigenvalue weighted by Crippen LogP contribution is 2.38. The van der Waals surface area contributed by atoms with Crippen LogP contribution in [0.25, 0.3) is 0 Å². The van der Waals surface area contributed by atoms with E-state index in [9.17, 15) is 0 Å². The molecule has 0 spiro atoms. The first-order valence-corrected chi connectivity index (χ1v) is 7.48. The van der Waals surface area contributed by atoms with Gasteiger partial charge in [-0.25, -0.2) is 0 Å². The van der Waals surface area contributed by atoms with Crippen LogP contribution in [0.4, 0.5) is 0 Å². The molecule has 2 aromatic rings. The van der Waals surface area contributed by atoms with E-state index in [0.29, 0.717) is 6.61 Å². The lowest BCUT2D eigenvalue weighted by atomic mass is 9.95. The Labute approximate surface area is 125 Å². The van der Waals surface area contributed by atoms with Gasteiger partial charge in [-0.3, -0.25) is 0 Å². The average Bonchev–Trinajstić information content (AvgIpc) is 2.99. The van der Waals surface area contributed by atoms with Crippen LogP contribution in [-0.2, 0) is 6.42 Å². The molecule has 1 aliphatic rings. The monoisotopic (exact) mass is 283 g/mol. The van der Waals surface area contributed by atoms with E-state index in [1.54, 1.807) is 0 Å². The lowest BCUT2D eigenvalue weighted by molar-refractivity contribution is 0.332. The highest BCUT2D eigenvalue weighted by Gasteiger charge is 2.24. The van der Waals surface area contributed by atoms with Gasteiger partial charge in [0.15, 0.2) is 0 Å². The second kappa shape index (κ2) is 6.19. The van der Waals surface area contributed by atoms with Gasteiger partial charge in [0.25, 0.3) is 0 Å². The Hall–Kier alpha value is -2.00. The summed E-state index contributed by atoms with van der Waals surface area (Å²) in [6.07, 6.45) is 0.993. The summed E-state index contributed by atoms with van der Waals surface area (Å²) in [6, 6.07) is 14.6. The molecule has 0 radical (unpaired) electrons. The zero-order valence-electron chi connectivity index (χ0n) is 12.6. The molecular weight excluding hydrogens is 262 g/mol. The summed E-state index contributed by atoms with van der Waals surface area (Å²) in [5.74, 6) is 1.96. The molecule has 0 saturated heterocycles. The van der Waals surface area contributed by atoms with E-state index < -0.39 is 0 Å². The van der Waals surface area contributed by atoms with Crippen LogP contribution in [-0.4, -0.2) is 20.3 Å². The molecule has 3 rings (SSSR count). The van der Waals surface area contributed by atoms with Crippen molar-refractivity contribution in [1.82, 2.24) is 5.32 Å². The van der Waals surface area contributed by atoms with Crippen LogP contribution in [0.2, 0.25) is 0 Å². The third-order valence-corrected chi connectivity index (χ3v) is 3.87. The minimum Gasteiger partial charge on any atom is -0.494 e. The topological polar surface area (TPSA) is 30.5 Å². The molecule has 0 aromatic heterocycles. The SMILES string of the molecule is CCOc1ccccc1C(NC)c1cccc2c1OCC2. The maximum absolute atomic E-state index is 5.85. The molecule has 3 heteroatoms. The molecule has 0 saturated carbocycles. The predicted molar refractivity (Wildman–Crippen MR) is 84.2 cm³/mol. The summed E-state index contributed by atoms with van der Waals surface area (Å²) in [5, 5.41) is 3.40. The Kier molecular flexibility index (Phi) is 4.11. The normalized spacial score (nSPS) is 14.4. The summed E-state index contributed by atoms with van der Waals surface area (Å²) < 4.78 is 11.6. The van der Waals surface area contributed by atoms with Crippen molar-refractivity contribution in [1.29, 1.82) is 0 Å². The fraction of sp³-hybridized carbons (Fsp3) is 0.333. The smallest absolute Gasteiger partial charge is 0.127 e. The first-order chi connectivity index (χ1) is 10.3. The first kappa shape index (κ1) is 14.0. The maximum atomic E-state index is 5.85. The van der Waals surface area contributed by atoms with Gasteiger partial charge in [0.2, 0.25) is 0 Å². The Morgan fingerprint density at radius 2 is 1.95 bits per heavy atom. The Morgan fingerprint density at radius 3 is 2.76 bits per heavy atom. The summed E-state index contributed by atoms with van der Waals surface area (Å²) in [4.78, 5) is 0. The molecule has 3 nitrogen and oxygen atoms in total. The Bertz CT molecular complexity index is 624. The van der Waals surface area contributed by atoms with Crippen molar-refractivity contribution in [3.63, 3.8) is 0 Å². The quantitative estimate of drug-likeness (QED) is 0.913. The van der Waals surface area contributed by atoms with Crippen LogP contribution >= 0.6 is 0 Å². The van der Waals surface area contributed by atoms with E-state index in [4.69, 9.17) is 9.47 Å². The lowest BCUT2D eigenvalue weighted by Crippen LogP contribution is -2.19. The number of benzene rings is 2. The number of hydrogen-bond acceptors (Lipinski definition) is 3. The van der Waals surface area contributed by atoms with Crippen LogP contribution in [0.1, 0.15) is 29.7 Å². The minimum absolute atomic E-state index is 0.0702. The number of hydrogen-bond donors (Lipinski definition) is 1. The molecule has 1 heterocycles. The summed E-state index contributed by atoms with van der Waals surface area (Å²) >= 11 is 0. The van der Waals surface area contributed by atoms with Crippen LogP contribution < -0.4 is 14.8 Å². The van der Waals surface area contributed by atoms with E-state index in [2.05, 4.69) is 29.6 Å². The molecule has 0 aliphatic carbocycles. The van der Waals surface area contributed by atoms with Crippen LogP contribution in [0.3, 0.4) is 0 Å². The minimum atomic E-state index is 0.0702. The molecule has 0 bridgehead atoms. The van der Waals surface area contributed by atoms with E-state index in [1.165, 1.54) is 11.1 Å². The Morgan fingerprint density at radius 1 is 1.14 bits per heavy atom. The number of rotatable bonds is 5. The van der Waals surface area contributed by atoms with Gasteiger partial charge in [0.05, 0.1) is 19.3 Å².